The first-order valence-corrected chi connectivity index (χ1v) is 8.51. The highest BCUT2D eigenvalue weighted by molar-refractivity contribution is 6.40. The van der Waals surface area contributed by atoms with Gasteiger partial charge >= 0.3 is 11.8 Å². The fourth-order valence-electron chi connectivity index (χ4n) is 2.58. The van der Waals surface area contributed by atoms with Crippen molar-refractivity contribution in [1.82, 2.24) is 5.32 Å². The molecule has 2 rings (SSSR count). The lowest BCUT2D eigenvalue weighted by Crippen LogP contribution is -2.39. The number of methoxy groups -OCH3 is 2. The predicted molar refractivity (Wildman–Crippen MR) is 106 cm³/mol. The van der Waals surface area contributed by atoms with Crippen LogP contribution in [0.5, 0.6) is 11.5 Å². The molecule has 0 unspecified atom stereocenters. The van der Waals surface area contributed by atoms with Gasteiger partial charge in [0.1, 0.15) is 11.5 Å². The maximum Gasteiger partial charge on any atom is 0.313 e. The van der Waals surface area contributed by atoms with E-state index in [0.717, 1.165) is 11.1 Å². The van der Waals surface area contributed by atoms with Crippen LogP contribution in [0.1, 0.15) is 11.1 Å². The van der Waals surface area contributed by atoms with Gasteiger partial charge in [-0.25, -0.2) is 0 Å². The zero-order valence-corrected chi connectivity index (χ0v) is 16.2. The maximum absolute atomic E-state index is 12.1. The van der Waals surface area contributed by atoms with Crippen molar-refractivity contribution >= 4 is 29.1 Å². The average molecular weight is 385 g/mol. The third-order valence-corrected chi connectivity index (χ3v) is 3.78. The van der Waals surface area contributed by atoms with Crippen molar-refractivity contribution in [3.05, 3.63) is 47.5 Å². The smallest absolute Gasteiger partial charge is 0.313 e. The molecular formula is C20H23N3O5. The Hall–Kier alpha value is -3.55. The van der Waals surface area contributed by atoms with Crippen molar-refractivity contribution in [3.8, 4) is 11.5 Å². The van der Waals surface area contributed by atoms with Crippen LogP contribution in [-0.4, -0.2) is 38.5 Å². The molecule has 0 aromatic heterocycles. The first-order valence-electron chi connectivity index (χ1n) is 8.51. The molecule has 2 aromatic carbocycles. The van der Waals surface area contributed by atoms with E-state index in [1.165, 1.54) is 14.2 Å². The Morgan fingerprint density at radius 3 is 2.14 bits per heavy atom. The van der Waals surface area contributed by atoms with Crippen molar-refractivity contribution in [1.29, 1.82) is 0 Å². The van der Waals surface area contributed by atoms with Crippen LogP contribution in [0.15, 0.2) is 36.4 Å². The van der Waals surface area contributed by atoms with Crippen molar-refractivity contribution in [3.63, 3.8) is 0 Å². The molecule has 8 heteroatoms. The highest BCUT2D eigenvalue weighted by Gasteiger charge is 2.16. The molecule has 0 spiro atoms. The summed E-state index contributed by atoms with van der Waals surface area (Å²) >= 11 is 0. The molecule has 0 atom stereocenters. The topological polar surface area (TPSA) is 106 Å². The Kier molecular flexibility index (Phi) is 6.97. The summed E-state index contributed by atoms with van der Waals surface area (Å²) in [7, 11) is 2.97. The summed E-state index contributed by atoms with van der Waals surface area (Å²) in [4.78, 5) is 36.0. The van der Waals surface area contributed by atoms with E-state index in [2.05, 4.69) is 16.0 Å². The van der Waals surface area contributed by atoms with Gasteiger partial charge in [-0.1, -0.05) is 6.07 Å². The lowest BCUT2D eigenvalue weighted by Gasteiger charge is -2.12. The van der Waals surface area contributed by atoms with Gasteiger partial charge in [-0.15, -0.1) is 0 Å². The van der Waals surface area contributed by atoms with Crippen molar-refractivity contribution < 1.29 is 23.9 Å². The Morgan fingerprint density at radius 1 is 0.857 bits per heavy atom. The first-order chi connectivity index (χ1) is 13.3. The molecule has 3 N–H and O–H groups in total. The van der Waals surface area contributed by atoms with Gasteiger partial charge in [0.2, 0.25) is 5.91 Å². The third-order valence-electron chi connectivity index (χ3n) is 3.78. The largest absolute Gasteiger partial charge is 0.497 e. The monoisotopic (exact) mass is 385 g/mol. The van der Waals surface area contributed by atoms with E-state index in [0.29, 0.717) is 22.9 Å². The molecule has 0 aliphatic carbocycles. The van der Waals surface area contributed by atoms with Crippen LogP contribution in [-0.2, 0) is 14.4 Å². The summed E-state index contributed by atoms with van der Waals surface area (Å²) in [6.45, 7) is 3.40. The van der Waals surface area contributed by atoms with Crippen LogP contribution in [0.4, 0.5) is 11.4 Å². The van der Waals surface area contributed by atoms with E-state index in [1.807, 2.05) is 19.9 Å². The number of aryl methyl sites for hydroxylation is 2. The predicted octanol–water partition coefficient (Wildman–Crippen LogP) is 2.01. The number of benzene rings is 2. The Balaban J connectivity index is 1.91. The minimum absolute atomic E-state index is 0.376. The molecule has 148 valence electrons. The SMILES string of the molecule is COc1ccc(OC)c(NC(=O)CNC(=O)C(=O)Nc2cc(C)cc(C)c2)c1. The molecule has 28 heavy (non-hydrogen) atoms. The maximum atomic E-state index is 12.1. The number of carbonyl (C=O) groups excluding carboxylic acids is 3. The van der Waals surface area contributed by atoms with E-state index in [4.69, 9.17) is 9.47 Å². The molecule has 2 aromatic rings. The summed E-state index contributed by atoms with van der Waals surface area (Å²) in [6, 6.07) is 10.4. The van der Waals surface area contributed by atoms with Crippen LogP contribution < -0.4 is 25.4 Å². The van der Waals surface area contributed by atoms with Gasteiger partial charge in [-0.05, 0) is 49.2 Å². The van der Waals surface area contributed by atoms with Crippen LogP contribution in [0.2, 0.25) is 0 Å². The number of rotatable bonds is 6. The summed E-state index contributed by atoms with van der Waals surface area (Å²) in [5.74, 6) is -1.30. The van der Waals surface area contributed by atoms with Gasteiger partial charge in [0.25, 0.3) is 0 Å². The molecule has 0 heterocycles. The highest BCUT2D eigenvalue weighted by Crippen LogP contribution is 2.28. The Labute approximate surface area is 163 Å². The fraction of sp³-hybridized carbons (Fsp3) is 0.250. The molecule has 0 saturated heterocycles. The zero-order valence-electron chi connectivity index (χ0n) is 16.2. The molecular weight excluding hydrogens is 362 g/mol. The summed E-state index contributed by atoms with van der Waals surface area (Å²) in [6.07, 6.45) is 0. The molecule has 0 fully saturated rings. The van der Waals surface area contributed by atoms with E-state index in [-0.39, 0.29) is 6.54 Å². The molecule has 0 aliphatic rings. The zero-order chi connectivity index (χ0) is 20.7. The summed E-state index contributed by atoms with van der Waals surface area (Å²) < 4.78 is 10.3. The number of ether oxygens (including phenoxy) is 2. The summed E-state index contributed by atoms with van der Waals surface area (Å²) in [5.41, 5.74) is 2.83. The van der Waals surface area contributed by atoms with Gasteiger partial charge in [0, 0.05) is 11.8 Å². The molecule has 0 aliphatic heterocycles. The molecule has 0 saturated carbocycles. The molecule has 3 amide bonds. The molecule has 8 nitrogen and oxygen atoms in total. The fourth-order valence-corrected chi connectivity index (χ4v) is 2.58. The van der Waals surface area contributed by atoms with Gasteiger partial charge in [0.05, 0.1) is 26.5 Å². The van der Waals surface area contributed by atoms with Gasteiger partial charge in [-0.3, -0.25) is 14.4 Å². The number of hydrogen-bond donors (Lipinski definition) is 3. The van der Waals surface area contributed by atoms with Gasteiger partial charge in [0.15, 0.2) is 0 Å². The minimum atomic E-state index is -0.910. The van der Waals surface area contributed by atoms with Crippen molar-refractivity contribution in [2.75, 3.05) is 31.4 Å². The van der Waals surface area contributed by atoms with E-state index in [1.54, 1.807) is 30.3 Å². The van der Waals surface area contributed by atoms with E-state index < -0.39 is 17.7 Å². The standard InChI is InChI=1S/C20H23N3O5/c1-12-7-13(2)9-14(8-12)22-20(26)19(25)21-11-18(24)23-16-10-15(27-3)5-6-17(16)28-4/h5-10H,11H2,1-4H3,(H,21,25)(H,22,26)(H,23,24). The number of amides is 3. The van der Waals surface area contributed by atoms with Crippen LogP contribution in [0, 0.1) is 13.8 Å². The molecule has 0 radical (unpaired) electrons. The third kappa shape index (κ3) is 5.73. The second kappa shape index (κ2) is 9.40. The van der Waals surface area contributed by atoms with E-state index in [9.17, 15) is 14.4 Å². The van der Waals surface area contributed by atoms with E-state index >= 15 is 0 Å². The highest BCUT2D eigenvalue weighted by atomic mass is 16.5. The quantitative estimate of drug-likeness (QED) is 0.660. The number of anilines is 2. The van der Waals surface area contributed by atoms with Crippen molar-refractivity contribution in [2.24, 2.45) is 0 Å². The second-order valence-corrected chi connectivity index (χ2v) is 6.13. The Morgan fingerprint density at radius 2 is 1.54 bits per heavy atom. The number of nitrogens with one attached hydrogen (secondary N) is 3. The van der Waals surface area contributed by atoms with Crippen LogP contribution >= 0.6 is 0 Å². The Bertz CT molecular complexity index is 875. The lowest BCUT2D eigenvalue weighted by atomic mass is 10.1. The van der Waals surface area contributed by atoms with Crippen molar-refractivity contribution in [2.45, 2.75) is 13.8 Å². The average Bonchev–Trinajstić information content (AvgIpc) is 2.65. The van der Waals surface area contributed by atoms with Crippen LogP contribution in [0.25, 0.3) is 0 Å². The van der Waals surface area contributed by atoms with Gasteiger partial charge < -0.3 is 25.4 Å². The van der Waals surface area contributed by atoms with Crippen LogP contribution in [0.3, 0.4) is 0 Å². The summed E-state index contributed by atoms with van der Waals surface area (Å²) in [5, 5.41) is 7.40. The minimum Gasteiger partial charge on any atom is -0.497 e. The number of carbonyl (C=O) groups is 3. The first kappa shape index (κ1) is 20.8. The molecule has 0 bridgehead atoms. The second-order valence-electron chi connectivity index (χ2n) is 6.13. The lowest BCUT2D eigenvalue weighted by molar-refractivity contribution is -0.136. The van der Waals surface area contributed by atoms with Gasteiger partial charge in [-0.2, -0.15) is 0 Å². The normalized spacial score (nSPS) is 10.0. The number of hydrogen-bond acceptors (Lipinski definition) is 5.